The topological polar surface area (TPSA) is 123 Å². The number of halogens is 1. The summed E-state index contributed by atoms with van der Waals surface area (Å²) in [6, 6.07) is 10.8. The van der Waals surface area contributed by atoms with Crippen molar-refractivity contribution in [3.8, 4) is 28.6 Å². The SMILES string of the molecule is COc1cc(/C=N/n2c(SC)nnc2-c2ccc(OCCCNC(=O)C(C)CSNC(C)(C)C)cc2)c(Br)cc1O. The van der Waals surface area contributed by atoms with Crippen LogP contribution in [0, 0.1) is 5.92 Å². The van der Waals surface area contributed by atoms with Crippen molar-refractivity contribution in [3.05, 3.63) is 46.4 Å². The number of carbonyl (C=O) groups is 1. The van der Waals surface area contributed by atoms with Crippen LogP contribution in [-0.4, -0.2) is 69.9 Å². The molecule has 1 aromatic heterocycles. The van der Waals surface area contributed by atoms with Crippen LogP contribution in [-0.2, 0) is 4.79 Å². The summed E-state index contributed by atoms with van der Waals surface area (Å²) < 4.78 is 16.7. The van der Waals surface area contributed by atoms with Crippen LogP contribution >= 0.6 is 39.6 Å². The Morgan fingerprint density at radius 2 is 1.98 bits per heavy atom. The molecule has 0 fully saturated rings. The molecule has 2 aromatic carbocycles. The molecule has 13 heteroatoms. The van der Waals surface area contributed by atoms with E-state index in [0.717, 1.165) is 16.9 Å². The second-order valence-corrected chi connectivity index (χ2v) is 12.6. The van der Waals surface area contributed by atoms with Gasteiger partial charge in [-0.2, -0.15) is 9.78 Å². The van der Waals surface area contributed by atoms with Crippen LogP contribution in [0.2, 0.25) is 0 Å². The molecule has 0 aliphatic rings. The molecular weight excluding hydrogens is 628 g/mol. The number of phenols is 1. The molecule has 1 heterocycles. The van der Waals surface area contributed by atoms with Gasteiger partial charge in [0, 0.05) is 39.4 Å². The Balaban J connectivity index is 1.54. The van der Waals surface area contributed by atoms with Crippen LogP contribution in [0.4, 0.5) is 0 Å². The second-order valence-electron chi connectivity index (χ2n) is 10.2. The van der Waals surface area contributed by atoms with Crippen molar-refractivity contribution in [3.63, 3.8) is 0 Å². The van der Waals surface area contributed by atoms with Crippen LogP contribution in [0.3, 0.4) is 0 Å². The van der Waals surface area contributed by atoms with Crippen LogP contribution < -0.4 is 19.5 Å². The third-order valence-corrected chi connectivity index (χ3v) is 8.30. The van der Waals surface area contributed by atoms with Gasteiger partial charge in [0.15, 0.2) is 17.3 Å². The van der Waals surface area contributed by atoms with Gasteiger partial charge in [0.25, 0.3) is 0 Å². The third kappa shape index (κ3) is 9.94. The van der Waals surface area contributed by atoms with E-state index in [1.54, 1.807) is 35.0 Å². The molecule has 0 bridgehead atoms. The Morgan fingerprint density at radius 1 is 1.24 bits per heavy atom. The minimum absolute atomic E-state index is 0.0149. The van der Waals surface area contributed by atoms with Gasteiger partial charge in [-0.1, -0.05) is 30.6 Å². The van der Waals surface area contributed by atoms with Crippen LogP contribution in [0.1, 0.15) is 39.7 Å². The van der Waals surface area contributed by atoms with Gasteiger partial charge in [-0.05, 0) is 85.8 Å². The molecular formula is C28H37BrN6O4S2. The quantitative estimate of drug-likeness (QED) is 0.0877. The average Bonchev–Trinajstić information content (AvgIpc) is 3.34. The highest BCUT2D eigenvalue weighted by molar-refractivity contribution is 9.10. The van der Waals surface area contributed by atoms with E-state index in [4.69, 9.17) is 9.47 Å². The molecule has 222 valence electrons. The first-order valence-electron chi connectivity index (χ1n) is 13.0. The average molecular weight is 666 g/mol. The molecule has 0 aliphatic heterocycles. The van der Waals surface area contributed by atoms with Gasteiger partial charge in [0.2, 0.25) is 11.1 Å². The second kappa shape index (κ2) is 15.5. The van der Waals surface area contributed by atoms with Crippen LogP contribution in [0.5, 0.6) is 17.2 Å². The van der Waals surface area contributed by atoms with Gasteiger partial charge in [0.1, 0.15) is 5.75 Å². The van der Waals surface area contributed by atoms with E-state index in [1.165, 1.54) is 18.9 Å². The first-order chi connectivity index (χ1) is 19.5. The maximum atomic E-state index is 12.3. The van der Waals surface area contributed by atoms with Crippen molar-refractivity contribution in [1.82, 2.24) is 24.9 Å². The number of ether oxygens (including phenoxy) is 2. The molecule has 41 heavy (non-hydrogen) atoms. The number of nitrogens with one attached hydrogen (secondary N) is 2. The smallest absolute Gasteiger partial charge is 0.223 e. The maximum Gasteiger partial charge on any atom is 0.223 e. The highest BCUT2D eigenvalue weighted by atomic mass is 79.9. The number of phenolic OH excluding ortho intramolecular Hbond substituents is 1. The number of hydrogen-bond acceptors (Lipinski definition) is 10. The summed E-state index contributed by atoms with van der Waals surface area (Å²) in [5.74, 6) is 2.36. The monoisotopic (exact) mass is 664 g/mol. The van der Waals surface area contributed by atoms with Crippen LogP contribution in [0.25, 0.3) is 11.4 Å². The molecule has 3 rings (SSSR count). The zero-order valence-corrected chi connectivity index (χ0v) is 27.3. The lowest BCUT2D eigenvalue weighted by Crippen LogP contribution is -2.34. The van der Waals surface area contributed by atoms with E-state index in [2.05, 4.69) is 62.0 Å². The lowest BCUT2D eigenvalue weighted by molar-refractivity contribution is -0.123. The normalized spacial score (nSPS) is 12.5. The predicted octanol–water partition coefficient (Wildman–Crippen LogP) is 5.58. The standard InChI is InChI=1S/C28H37BrN6O4S2/c1-18(17-41-34-28(2,3)4)26(37)30-12-7-13-39-21-10-8-19(9-11-21)25-32-33-27(40-6)35(25)31-16-20-14-24(38-5)23(36)15-22(20)29/h8-11,14-16,18,34,36H,7,12-13,17H2,1-6H3,(H,30,37)/b31-16+. The molecule has 3 N–H and O–H groups in total. The van der Waals surface area contributed by atoms with Crippen molar-refractivity contribution in [1.29, 1.82) is 0 Å². The fraction of sp³-hybridized carbons (Fsp3) is 0.429. The summed E-state index contributed by atoms with van der Waals surface area (Å²) in [4.78, 5) is 12.3. The van der Waals surface area contributed by atoms with E-state index in [9.17, 15) is 9.90 Å². The molecule has 0 radical (unpaired) electrons. The number of methoxy groups -OCH3 is 1. The summed E-state index contributed by atoms with van der Waals surface area (Å²) in [6.45, 7) is 9.26. The summed E-state index contributed by atoms with van der Waals surface area (Å²) in [7, 11) is 1.49. The zero-order chi connectivity index (χ0) is 30.0. The minimum atomic E-state index is -0.0771. The molecule has 0 saturated carbocycles. The Hall–Kier alpha value is -2.74. The first-order valence-corrected chi connectivity index (χ1v) is 16.0. The van der Waals surface area contributed by atoms with Gasteiger partial charge >= 0.3 is 0 Å². The van der Waals surface area contributed by atoms with Gasteiger partial charge in [-0.15, -0.1) is 10.2 Å². The lowest BCUT2D eigenvalue weighted by atomic mass is 10.1. The fourth-order valence-electron chi connectivity index (χ4n) is 3.42. The Labute approximate surface area is 258 Å². The molecule has 0 aliphatic carbocycles. The highest BCUT2D eigenvalue weighted by Gasteiger charge is 2.16. The number of aromatic hydroxyl groups is 1. The summed E-state index contributed by atoms with van der Waals surface area (Å²) >= 11 is 6.45. The van der Waals surface area contributed by atoms with E-state index in [0.29, 0.717) is 46.5 Å². The summed E-state index contributed by atoms with van der Waals surface area (Å²) in [5, 5.41) is 26.8. The number of thioether (sulfide) groups is 1. The fourth-order valence-corrected chi connectivity index (χ4v) is 5.21. The van der Waals surface area contributed by atoms with Gasteiger partial charge in [-0.3, -0.25) is 9.52 Å². The van der Waals surface area contributed by atoms with Crippen molar-refractivity contribution >= 4 is 51.8 Å². The number of rotatable bonds is 14. The third-order valence-electron chi connectivity index (χ3n) is 5.57. The lowest BCUT2D eigenvalue weighted by Gasteiger charge is -2.20. The summed E-state index contributed by atoms with van der Waals surface area (Å²) in [6.07, 6.45) is 4.26. The van der Waals surface area contributed by atoms with Gasteiger partial charge < -0.3 is 19.9 Å². The van der Waals surface area contributed by atoms with Crippen molar-refractivity contribution in [2.24, 2.45) is 11.0 Å². The number of carbonyl (C=O) groups excluding carboxylic acids is 1. The summed E-state index contributed by atoms with van der Waals surface area (Å²) in [5.41, 5.74) is 1.56. The molecule has 3 aromatic rings. The van der Waals surface area contributed by atoms with E-state index in [-0.39, 0.29) is 23.1 Å². The zero-order valence-electron chi connectivity index (χ0n) is 24.1. The minimum Gasteiger partial charge on any atom is -0.504 e. The molecule has 1 amide bonds. The van der Waals surface area contributed by atoms with Gasteiger partial charge in [-0.25, -0.2) is 0 Å². The first kappa shape index (κ1) is 32.8. The maximum absolute atomic E-state index is 12.3. The van der Waals surface area contributed by atoms with Gasteiger partial charge in [0.05, 0.1) is 19.9 Å². The largest absolute Gasteiger partial charge is 0.504 e. The van der Waals surface area contributed by atoms with E-state index in [1.807, 2.05) is 37.4 Å². The number of hydrogen-bond donors (Lipinski definition) is 3. The number of amides is 1. The predicted molar refractivity (Wildman–Crippen MR) is 170 cm³/mol. The van der Waals surface area contributed by atoms with Crippen molar-refractivity contribution in [2.75, 3.05) is 32.3 Å². The number of aromatic nitrogens is 3. The van der Waals surface area contributed by atoms with E-state index < -0.39 is 0 Å². The number of benzene rings is 2. The van der Waals surface area contributed by atoms with Crippen molar-refractivity contribution < 1.29 is 19.4 Å². The molecule has 0 spiro atoms. The Kier molecular flexibility index (Phi) is 12.4. The van der Waals surface area contributed by atoms with Crippen LogP contribution in [0.15, 0.2) is 51.1 Å². The van der Waals surface area contributed by atoms with E-state index >= 15 is 0 Å². The molecule has 1 unspecified atom stereocenters. The molecule has 10 nitrogen and oxygen atoms in total. The molecule has 0 saturated heterocycles. The Morgan fingerprint density at radius 3 is 2.63 bits per heavy atom. The molecule has 1 atom stereocenters. The Bertz CT molecular complexity index is 1330. The highest BCUT2D eigenvalue weighted by Crippen LogP contribution is 2.32. The van der Waals surface area contributed by atoms with Crippen molar-refractivity contribution in [2.45, 2.75) is 44.8 Å². The number of nitrogens with zero attached hydrogens (tertiary/aromatic N) is 4.